The monoisotopic (exact) mass is 465 g/mol. The number of rotatable bonds is 7. The zero-order valence-corrected chi connectivity index (χ0v) is 18.7. The number of sulfonamides is 1. The molecule has 2 amide bonds. The Hall–Kier alpha value is -3.85. The van der Waals surface area contributed by atoms with Gasteiger partial charge in [0.25, 0.3) is 11.8 Å². The van der Waals surface area contributed by atoms with E-state index in [1.807, 2.05) is 24.3 Å². The first kappa shape index (κ1) is 22.3. The topological polar surface area (TPSA) is 114 Å². The van der Waals surface area contributed by atoms with Crippen LogP contribution < -0.4 is 20.1 Å². The molecule has 0 saturated carbocycles. The van der Waals surface area contributed by atoms with Crippen LogP contribution in [-0.4, -0.2) is 32.1 Å². The van der Waals surface area contributed by atoms with Crippen molar-refractivity contribution in [3.05, 3.63) is 83.9 Å². The molecule has 1 aliphatic heterocycles. The number of nitrogens with one attached hydrogen (secondary N) is 3. The average molecular weight is 466 g/mol. The number of fused-ring (bicyclic) bond motifs is 1. The van der Waals surface area contributed by atoms with E-state index in [1.54, 1.807) is 55.5 Å². The molecule has 3 N–H and O–H groups in total. The summed E-state index contributed by atoms with van der Waals surface area (Å²) in [4.78, 5) is 25.3. The van der Waals surface area contributed by atoms with Crippen LogP contribution in [-0.2, 0) is 21.2 Å². The lowest BCUT2D eigenvalue weighted by Gasteiger charge is -2.12. The van der Waals surface area contributed by atoms with Gasteiger partial charge >= 0.3 is 0 Å². The van der Waals surface area contributed by atoms with E-state index in [2.05, 4.69) is 15.4 Å². The van der Waals surface area contributed by atoms with Gasteiger partial charge in [0, 0.05) is 29.0 Å². The summed E-state index contributed by atoms with van der Waals surface area (Å²) in [6.45, 7) is 1.55. The van der Waals surface area contributed by atoms with Gasteiger partial charge in [-0.15, -0.1) is 0 Å². The molecule has 3 aromatic rings. The molecule has 33 heavy (non-hydrogen) atoms. The normalized spacial score (nSPS) is 14.6. The lowest BCUT2D eigenvalue weighted by Crippen LogP contribution is -2.31. The molecule has 8 nitrogen and oxygen atoms in total. The minimum atomic E-state index is -3.37. The van der Waals surface area contributed by atoms with Crippen molar-refractivity contribution in [3.8, 4) is 5.75 Å². The summed E-state index contributed by atoms with van der Waals surface area (Å²) < 4.78 is 31.4. The van der Waals surface area contributed by atoms with Gasteiger partial charge < -0.3 is 15.4 Å². The number of amides is 2. The second kappa shape index (κ2) is 9.33. The molecule has 0 spiro atoms. The van der Waals surface area contributed by atoms with Gasteiger partial charge in [0.1, 0.15) is 5.75 Å². The predicted octanol–water partition coefficient (Wildman–Crippen LogP) is 3.64. The number of hydrogen-bond donors (Lipinski definition) is 3. The van der Waals surface area contributed by atoms with Crippen molar-refractivity contribution >= 4 is 38.9 Å². The maximum atomic E-state index is 12.7. The molecule has 3 aromatic carbocycles. The maximum absolute atomic E-state index is 12.7. The zero-order valence-electron chi connectivity index (χ0n) is 17.9. The molecule has 170 valence electrons. The third kappa shape index (κ3) is 5.50. The Morgan fingerprint density at radius 3 is 2.36 bits per heavy atom. The molecule has 0 aliphatic carbocycles. The molecular weight excluding hydrogens is 442 g/mol. The lowest BCUT2D eigenvalue weighted by molar-refractivity contribution is -0.122. The summed E-state index contributed by atoms with van der Waals surface area (Å²) in [6.07, 6.45) is -0.129. The number of anilines is 3. The fourth-order valence-corrected chi connectivity index (χ4v) is 4.01. The van der Waals surface area contributed by atoms with Gasteiger partial charge in [-0.2, -0.15) is 0 Å². The van der Waals surface area contributed by atoms with E-state index >= 15 is 0 Å². The Bertz CT molecular complexity index is 1260. The van der Waals surface area contributed by atoms with Crippen LogP contribution >= 0.6 is 0 Å². The smallest absolute Gasteiger partial charge is 0.265 e. The average Bonchev–Trinajstić information content (AvgIpc) is 3.25. The van der Waals surface area contributed by atoms with Crippen LogP contribution in [0.5, 0.6) is 5.75 Å². The van der Waals surface area contributed by atoms with Crippen LogP contribution in [0.4, 0.5) is 17.1 Å². The molecule has 0 bridgehead atoms. The standard InChI is InChI=1S/C24H23N3O5S/c1-2-33(30,31)27-19-12-10-18(11-13-19)25-23(28)17-7-5-8-20(14-17)26-24(29)22-15-16-6-3-4-9-21(16)32-22/h3-14,22,27H,2,15H2,1H3,(H,25,28)(H,26,29). The van der Waals surface area contributed by atoms with Gasteiger partial charge in [0.05, 0.1) is 5.75 Å². The van der Waals surface area contributed by atoms with Gasteiger partial charge in [0.2, 0.25) is 10.0 Å². The molecule has 0 aromatic heterocycles. The number of para-hydroxylation sites is 1. The third-order valence-electron chi connectivity index (χ3n) is 5.13. The van der Waals surface area contributed by atoms with Gasteiger partial charge in [-0.25, -0.2) is 8.42 Å². The van der Waals surface area contributed by atoms with Crippen LogP contribution in [0, 0.1) is 0 Å². The summed E-state index contributed by atoms with van der Waals surface area (Å²) in [5.74, 6) is 0.0312. The summed E-state index contributed by atoms with van der Waals surface area (Å²) in [5.41, 5.74) is 2.75. The molecule has 0 radical (unpaired) electrons. The Morgan fingerprint density at radius 2 is 1.64 bits per heavy atom. The van der Waals surface area contributed by atoms with Crippen molar-refractivity contribution < 1.29 is 22.7 Å². The SMILES string of the molecule is CCS(=O)(=O)Nc1ccc(NC(=O)c2cccc(NC(=O)C3Cc4ccccc4O3)c2)cc1. The highest BCUT2D eigenvalue weighted by atomic mass is 32.2. The highest BCUT2D eigenvalue weighted by molar-refractivity contribution is 7.92. The number of hydrogen-bond acceptors (Lipinski definition) is 5. The largest absolute Gasteiger partial charge is 0.480 e. The van der Waals surface area contributed by atoms with Crippen molar-refractivity contribution in [2.24, 2.45) is 0 Å². The van der Waals surface area contributed by atoms with Crippen molar-refractivity contribution in [2.45, 2.75) is 19.4 Å². The second-order valence-electron chi connectivity index (χ2n) is 7.53. The highest BCUT2D eigenvalue weighted by Gasteiger charge is 2.28. The van der Waals surface area contributed by atoms with E-state index in [9.17, 15) is 18.0 Å². The first-order valence-electron chi connectivity index (χ1n) is 10.4. The van der Waals surface area contributed by atoms with Crippen LogP contribution in [0.3, 0.4) is 0 Å². The van der Waals surface area contributed by atoms with E-state index in [1.165, 1.54) is 0 Å². The van der Waals surface area contributed by atoms with Crippen LogP contribution in [0.2, 0.25) is 0 Å². The molecule has 0 fully saturated rings. The minimum Gasteiger partial charge on any atom is -0.480 e. The molecule has 1 unspecified atom stereocenters. The number of ether oxygens (including phenoxy) is 1. The lowest BCUT2D eigenvalue weighted by atomic mass is 10.1. The Kier molecular flexibility index (Phi) is 6.32. The molecular formula is C24H23N3O5S. The Morgan fingerprint density at radius 1 is 0.909 bits per heavy atom. The van der Waals surface area contributed by atoms with E-state index in [0.29, 0.717) is 34.8 Å². The molecule has 9 heteroatoms. The third-order valence-corrected chi connectivity index (χ3v) is 6.43. The van der Waals surface area contributed by atoms with Crippen molar-refractivity contribution in [2.75, 3.05) is 21.1 Å². The van der Waals surface area contributed by atoms with Gasteiger partial charge in [-0.05, 0) is 61.0 Å². The van der Waals surface area contributed by atoms with Gasteiger partial charge in [-0.1, -0.05) is 24.3 Å². The van der Waals surface area contributed by atoms with Crippen LogP contribution in [0.25, 0.3) is 0 Å². The van der Waals surface area contributed by atoms with Crippen molar-refractivity contribution in [3.63, 3.8) is 0 Å². The highest BCUT2D eigenvalue weighted by Crippen LogP contribution is 2.28. The van der Waals surface area contributed by atoms with Gasteiger partial charge in [0.15, 0.2) is 6.10 Å². The van der Waals surface area contributed by atoms with Gasteiger partial charge in [-0.3, -0.25) is 14.3 Å². The summed E-state index contributed by atoms with van der Waals surface area (Å²) >= 11 is 0. The van der Waals surface area contributed by atoms with E-state index in [4.69, 9.17) is 4.74 Å². The Balaban J connectivity index is 1.37. The summed E-state index contributed by atoms with van der Waals surface area (Å²) in [5, 5.41) is 5.56. The molecule has 1 heterocycles. The van der Waals surface area contributed by atoms with Crippen LogP contribution in [0.1, 0.15) is 22.8 Å². The fraction of sp³-hybridized carbons (Fsp3) is 0.167. The molecule has 1 aliphatic rings. The van der Waals surface area contributed by atoms with Crippen LogP contribution in [0.15, 0.2) is 72.8 Å². The predicted molar refractivity (Wildman–Crippen MR) is 127 cm³/mol. The van der Waals surface area contributed by atoms with E-state index < -0.39 is 16.1 Å². The van der Waals surface area contributed by atoms with E-state index in [0.717, 1.165) is 5.56 Å². The zero-order chi connectivity index (χ0) is 23.4. The first-order chi connectivity index (χ1) is 15.8. The quantitative estimate of drug-likeness (QED) is 0.493. The van der Waals surface area contributed by atoms with E-state index in [-0.39, 0.29) is 17.6 Å². The fourth-order valence-electron chi connectivity index (χ4n) is 3.37. The molecule has 4 rings (SSSR count). The Labute approximate surface area is 192 Å². The summed E-state index contributed by atoms with van der Waals surface area (Å²) in [7, 11) is -3.37. The maximum Gasteiger partial charge on any atom is 0.265 e. The minimum absolute atomic E-state index is 0.0296. The molecule has 1 atom stereocenters. The first-order valence-corrected chi connectivity index (χ1v) is 12.1. The summed E-state index contributed by atoms with van der Waals surface area (Å²) in [6, 6.07) is 20.5. The number of carbonyl (C=O) groups is 2. The molecule has 0 saturated heterocycles. The number of benzene rings is 3. The second-order valence-corrected chi connectivity index (χ2v) is 9.54. The van der Waals surface area contributed by atoms with Crippen molar-refractivity contribution in [1.29, 1.82) is 0 Å². The van der Waals surface area contributed by atoms with Crippen molar-refractivity contribution in [1.82, 2.24) is 0 Å². The number of carbonyl (C=O) groups excluding carboxylic acids is 2.